The third-order valence-corrected chi connectivity index (χ3v) is 3.35. The van der Waals surface area contributed by atoms with Gasteiger partial charge in [-0.15, -0.1) is 0 Å². The van der Waals surface area contributed by atoms with Crippen molar-refractivity contribution in [2.75, 3.05) is 11.4 Å². The topological polar surface area (TPSA) is 3.24 Å². The van der Waals surface area contributed by atoms with Crippen molar-refractivity contribution in [2.45, 2.75) is 45.6 Å². The summed E-state index contributed by atoms with van der Waals surface area (Å²) in [6.07, 6.45) is -0.0368. The van der Waals surface area contributed by atoms with Crippen LogP contribution in [-0.2, 0) is 5.41 Å². The molecule has 0 N–H and O–H groups in total. The van der Waals surface area contributed by atoms with E-state index in [1.165, 1.54) is 4.90 Å². The molecule has 0 aromatic heterocycles. The van der Waals surface area contributed by atoms with Gasteiger partial charge in [0.25, 0.3) is 0 Å². The number of aryl methyl sites for hydroxylation is 1. The van der Waals surface area contributed by atoms with E-state index < -0.39 is 6.05 Å². The number of hydrogen-bond donors (Lipinski definition) is 0. The molecule has 0 atom stereocenters. The average molecular weight is 239 g/mol. The van der Waals surface area contributed by atoms with Crippen LogP contribution in [0.1, 0.15) is 38.3 Å². The zero-order chi connectivity index (χ0) is 12.8. The summed E-state index contributed by atoms with van der Waals surface area (Å²) in [6.45, 7) is 8.52. The van der Waals surface area contributed by atoms with Crippen molar-refractivity contribution in [2.24, 2.45) is 0 Å². The highest BCUT2D eigenvalue weighted by Gasteiger charge is 2.47. The fraction of sp³-hybridized carbons (Fsp3) is 0.571. The van der Waals surface area contributed by atoms with E-state index in [1.807, 2.05) is 25.1 Å². The van der Waals surface area contributed by atoms with Crippen molar-refractivity contribution in [3.63, 3.8) is 0 Å². The second-order valence-corrected chi connectivity index (χ2v) is 5.79. The van der Waals surface area contributed by atoms with Gasteiger partial charge in [-0.05, 0) is 23.5 Å². The standard InChI is InChI=1S/C14H19F2N/c1-10-6-5-7-11(13(2,3)4)12(10)17-9-8-14(17,15)16/h5-7H,8-9H2,1-4H3. The lowest BCUT2D eigenvalue weighted by molar-refractivity contribution is -0.0551. The molecule has 0 spiro atoms. The Labute approximate surface area is 101 Å². The lowest BCUT2D eigenvalue weighted by Crippen LogP contribution is -2.55. The SMILES string of the molecule is Cc1cccc(C(C)(C)C)c1N1CCC1(F)F. The van der Waals surface area contributed by atoms with Gasteiger partial charge in [0.15, 0.2) is 0 Å². The Balaban J connectivity index is 2.53. The van der Waals surface area contributed by atoms with Crippen molar-refractivity contribution >= 4 is 5.69 Å². The molecule has 1 aromatic carbocycles. The summed E-state index contributed by atoms with van der Waals surface area (Å²) in [6, 6.07) is 3.12. The normalized spacial score (nSPS) is 19.1. The van der Waals surface area contributed by atoms with Gasteiger partial charge in [-0.3, -0.25) is 0 Å². The van der Waals surface area contributed by atoms with Crippen molar-refractivity contribution < 1.29 is 8.78 Å². The van der Waals surface area contributed by atoms with E-state index in [-0.39, 0.29) is 11.8 Å². The zero-order valence-electron chi connectivity index (χ0n) is 10.8. The molecule has 1 saturated heterocycles. The summed E-state index contributed by atoms with van der Waals surface area (Å²) < 4.78 is 27.1. The van der Waals surface area contributed by atoms with E-state index in [4.69, 9.17) is 0 Å². The van der Waals surface area contributed by atoms with E-state index in [0.29, 0.717) is 6.54 Å². The molecule has 0 amide bonds. The van der Waals surface area contributed by atoms with E-state index >= 15 is 0 Å². The van der Waals surface area contributed by atoms with Crippen molar-refractivity contribution in [1.82, 2.24) is 0 Å². The first-order valence-corrected chi connectivity index (χ1v) is 5.99. The first kappa shape index (κ1) is 12.3. The number of para-hydroxylation sites is 1. The second kappa shape index (κ2) is 3.69. The molecule has 1 heterocycles. The van der Waals surface area contributed by atoms with Gasteiger partial charge in [0.1, 0.15) is 0 Å². The third-order valence-electron chi connectivity index (χ3n) is 3.35. The summed E-state index contributed by atoms with van der Waals surface area (Å²) in [7, 11) is 0. The second-order valence-electron chi connectivity index (χ2n) is 5.79. The maximum atomic E-state index is 13.6. The van der Waals surface area contributed by atoms with Crippen molar-refractivity contribution in [3.05, 3.63) is 29.3 Å². The van der Waals surface area contributed by atoms with Crippen molar-refractivity contribution in [3.8, 4) is 0 Å². The lowest BCUT2D eigenvalue weighted by Gasteiger charge is -2.45. The molecule has 0 radical (unpaired) electrons. The van der Waals surface area contributed by atoms with Crippen LogP contribution in [-0.4, -0.2) is 12.6 Å². The number of alkyl halides is 2. The molecule has 1 aliphatic heterocycles. The number of hydrogen-bond acceptors (Lipinski definition) is 1. The van der Waals surface area contributed by atoms with Crippen LogP contribution in [0.4, 0.5) is 14.5 Å². The first-order chi connectivity index (χ1) is 7.73. The Bertz CT molecular complexity index is 432. The van der Waals surface area contributed by atoms with E-state index in [1.54, 1.807) is 0 Å². The third kappa shape index (κ3) is 2.03. The molecule has 94 valence electrons. The van der Waals surface area contributed by atoms with Crippen LogP contribution in [0.25, 0.3) is 0 Å². The van der Waals surface area contributed by atoms with E-state index in [0.717, 1.165) is 16.8 Å². The summed E-state index contributed by atoms with van der Waals surface area (Å²) in [5.41, 5.74) is 2.53. The lowest BCUT2D eigenvalue weighted by atomic mass is 9.83. The van der Waals surface area contributed by atoms with E-state index in [2.05, 4.69) is 20.8 Å². The smallest absolute Gasteiger partial charge is 0.312 e. The zero-order valence-corrected chi connectivity index (χ0v) is 10.8. The van der Waals surface area contributed by atoms with Crippen LogP contribution in [0.5, 0.6) is 0 Å². The van der Waals surface area contributed by atoms with Crippen LogP contribution in [0, 0.1) is 6.92 Å². The minimum Gasteiger partial charge on any atom is -0.312 e. The summed E-state index contributed by atoms with van der Waals surface area (Å²) in [5, 5.41) is 0. The maximum absolute atomic E-state index is 13.6. The Morgan fingerprint density at radius 3 is 2.29 bits per heavy atom. The number of anilines is 1. The van der Waals surface area contributed by atoms with Crippen LogP contribution in [0.3, 0.4) is 0 Å². The highest BCUT2D eigenvalue weighted by molar-refractivity contribution is 5.63. The highest BCUT2D eigenvalue weighted by atomic mass is 19.3. The molecule has 2 rings (SSSR count). The molecule has 1 fully saturated rings. The van der Waals surface area contributed by atoms with Crippen LogP contribution in [0.2, 0.25) is 0 Å². The highest BCUT2D eigenvalue weighted by Crippen LogP contribution is 2.44. The number of rotatable bonds is 1. The summed E-state index contributed by atoms with van der Waals surface area (Å²) in [4.78, 5) is 1.24. The average Bonchev–Trinajstić information content (AvgIpc) is 2.18. The van der Waals surface area contributed by atoms with Gasteiger partial charge in [0.2, 0.25) is 0 Å². The van der Waals surface area contributed by atoms with Crippen molar-refractivity contribution in [1.29, 1.82) is 0 Å². The predicted molar refractivity (Wildman–Crippen MR) is 66.8 cm³/mol. The summed E-state index contributed by atoms with van der Waals surface area (Å²) >= 11 is 0. The van der Waals surface area contributed by atoms with Gasteiger partial charge in [0, 0.05) is 18.7 Å². The number of halogens is 2. The minimum atomic E-state index is -2.67. The quantitative estimate of drug-likeness (QED) is 0.667. The van der Waals surface area contributed by atoms with Gasteiger partial charge in [-0.25, -0.2) is 0 Å². The molecule has 0 unspecified atom stereocenters. The van der Waals surface area contributed by atoms with Gasteiger partial charge in [0.05, 0.1) is 0 Å². The molecular formula is C14H19F2N. The monoisotopic (exact) mass is 239 g/mol. The van der Waals surface area contributed by atoms with Gasteiger partial charge < -0.3 is 4.90 Å². The first-order valence-electron chi connectivity index (χ1n) is 5.99. The maximum Gasteiger partial charge on any atom is 0.327 e. The minimum absolute atomic E-state index is 0.0368. The Kier molecular flexibility index (Phi) is 2.68. The van der Waals surface area contributed by atoms with Crippen LogP contribution < -0.4 is 4.90 Å². The van der Waals surface area contributed by atoms with E-state index in [9.17, 15) is 8.78 Å². The van der Waals surface area contributed by atoms with Gasteiger partial charge in [-0.2, -0.15) is 8.78 Å². The predicted octanol–water partition coefficient (Wildman–Crippen LogP) is 4.10. The fourth-order valence-electron chi connectivity index (χ4n) is 2.29. The molecule has 17 heavy (non-hydrogen) atoms. The molecular weight excluding hydrogens is 220 g/mol. The molecule has 1 aromatic rings. The molecule has 3 heteroatoms. The Morgan fingerprint density at radius 2 is 1.88 bits per heavy atom. The molecule has 0 bridgehead atoms. The Morgan fingerprint density at radius 1 is 1.24 bits per heavy atom. The molecule has 0 aliphatic carbocycles. The van der Waals surface area contributed by atoms with Crippen LogP contribution >= 0.6 is 0 Å². The fourth-order valence-corrected chi connectivity index (χ4v) is 2.29. The van der Waals surface area contributed by atoms with Gasteiger partial charge >= 0.3 is 6.05 Å². The number of nitrogens with zero attached hydrogens (tertiary/aromatic N) is 1. The Hall–Kier alpha value is -1.12. The largest absolute Gasteiger partial charge is 0.327 e. The summed E-state index contributed by atoms with van der Waals surface area (Å²) in [5.74, 6) is 0. The number of benzene rings is 1. The molecule has 1 nitrogen and oxygen atoms in total. The van der Waals surface area contributed by atoms with Gasteiger partial charge in [-0.1, -0.05) is 39.0 Å². The molecule has 0 saturated carbocycles. The molecule has 1 aliphatic rings. The van der Waals surface area contributed by atoms with Crippen LogP contribution in [0.15, 0.2) is 18.2 Å².